The van der Waals surface area contributed by atoms with Crippen LogP contribution in [0.1, 0.15) is 62.0 Å². The van der Waals surface area contributed by atoms with Gasteiger partial charge in [0, 0.05) is 23.6 Å². The van der Waals surface area contributed by atoms with E-state index in [1.54, 1.807) is 0 Å². The maximum Gasteiger partial charge on any atom is 0.160 e. The van der Waals surface area contributed by atoms with Gasteiger partial charge >= 0.3 is 0 Å². The molecule has 0 spiro atoms. The third-order valence-corrected chi connectivity index (χ3v) is 16.1. The highest BCUT2D eigenvalue weighted by atomic mass is 28.3. The molecule has 3 unspecified atom stereocenters. The van der Waals surface area contributed by atoms with Gasteiger partial charge in [-0.15, -0.1) is 5.06 Å². The van der Waals surface area contributed by atoms with Gasteiger partial charge in [-0.1, -0.05) is 140 Å². The van der Waals surface area contributed by atoms with Crippen molar-refractivity contribution in [1.82, 2.24) is 5.06 Å². The summed E-state index contributed by atoms with van der Waals surface area (Å²) >= 11 is 0. The number of nitrogens with zero attached hydrogens (tertiary/aromatic N) is 1. The van der Waals surface area contributed by atoms with E-state index in [1.165, 1.54) is 27.1 Å². The first-order chi connectivity index (χ1) is 19.9. The second-order valence-electron chi connectivity index (χ2n) is 13.0. The Hall–Kier alpha value is -3.44. The van der Waals surface area contributed by atoms with E-state index in [4.69, 9.17) is 4.84 Å². The minimum Gasteiger partial charge on any atom is -0.404 e. The summed E-state index contributed by atoms with van der Waals surface area (Å²) < 4.78 is 0. The Morgan fingerprint density at radius 3 is 2.00 bits per heavy atom. The smallest absolute Gasteiger partial charge is 0.160 e. The van der Waals surface area contributed by atoms with Crippen LogP contribution in [0.3, 0.4) is 0 Å². The van der Waals surface area contributed by atoms with Crippen LogP contribution in [-0.4, -0.2) is 30.3 Å². The van der Waals surface area contributed by atoms with Crippen molar-refractivity contribution in [2.45, 2.75) is 69.3 Å². The average molecular weight is 558 g/mol. The summed E-state index contributed by atoms with van der Waals surface area (Å²) in [7, 11) is -2.28. The molecule has 0 radical (unpaired) electrons. The van der Waals surface area contributed by atoms with Crippen LogP contribution < -0.4 is 10.4 Å². The summed E-state index contributed by atoms with van der Waals surface area (Å²) in [6, 6.07) is 41.1. The zero-order valence-corrected chi connectivity index (χ0v) is 25.3. The Bertz CT molecular complexity index is 1550. The molecule has 2 aliphatic heterocycles. The molecule has 0 aromatic heterocycles. The number of hydroxylamine groups is 2. The van der Waals surface area contributed by atoms with E-state index in [-0.39, 0.29) is 11.1 Å². The molecule has 3 nitrogen and oxygen atoms in total. The quantitative estimate of drug-likeness (QED) is 0.275. The molecule has 0 bridgehead atoms. The van der Waals surface area contributed by atoms with Crippen LogP contribution in [0.2, 0.25) is 11.1 Å². The van der Waals surface area contributed by atoms with Crippen LogP contribution >= 0.6 is 0 Å². The summed E-state index contributed by atoms with van der Waals surface area (Å²) in [6.07, 6.45) is 2.23. The fourth-order valence-electron chi connectivity index (χ4n) is 7.91. The fraction of sp³-hybridized carbons (Fsp3) is 0.297. The first-order valence-corrected chi connectivity index (χ1v) is 17.3. The predicted octanol–water partition coefficient (Wildman–Crippen LogP) is 6.99. The molecule has 2 heterocycles. The molecule has 7 rings (SSSR count). The third-order valence-electron chi connectivity index (χ3n) is 9.86. The Labute approximate surface area is 245 Å². The van der Waals surface area contributed by atoms with Crippen LogP contribution in [0.5, 0.6) is 0 Å². The van der Waals surface area contributed by atoms with E-state index in [1.807, 2.05) is 6.07 Å². The molecule has 208 valence electrons. The number of aliphatic hydroxyl groups excluding tert-OH is 1. The molecule has 1 fully saturated rings. The topological polar surface area (TPSA) is 32.7 Å². The van der Waals surface area contributed by atoms with Gasteiger partial charge in [0.1, 0.15) is 8.07 Å². The largest absolute Gasteiger partial charge is 0.404 e. The summed E-state index contributed by atoms with van der Waals surface area (Å²) in [6.45, 7) is 7.34. The standard InChI is InChI=1S/C37H39NO2Si/c1-37(2,3)41(28-15-6-4-7-16-28,29-17-8-5-9-18-29)25-27-22-23-33-35-30-19-11-10-14-26(30)24-34(39)31-20-12-13-21-32(31)36(35)40-38(27)33/h4-21,27,33-34,39H,22-25H2,1-3H3. The van der Waals surface area contributed by atoms with Gasteiger partial charge in [0.05, 0.1) is 12.1 Å². The summed E-state index contributed by atoms with van der Waals surface area (Å²) in [5.74, 6) is 0.934. The number of aliphatic hydroxyl groups is 1. The second-order valence-corrected chi connectivity index (χ2v) is 17.9. The summed E-state index contributed by atoms with van der Waals surface area (Å²) in [5.41, 5.74) is 5.71. The minimum absolute atomic E-state index is 0.0961. The van der Waals surface area contributed by atoms with Crippen molar-refractivity contribution in [2.24, 2.45) is 0 Å². The van der Waals surface area contributed by atoms with E-state index in [9.17, 15) is 5.11 Å². The van der Waals surface area contributed by atoms with Gasteiger partial charge in [-0.25, -0.2) is 0 Å². The van der Waals surface area contributed by atoms with Gasteiger partial charge in [0.2, 0.25) is 0 Å². The fourth-order valence-corrected chi connectivity index (χ4v) is 13.7. The number of hydrogen-bond acceptors (Lipinski definition) is 3. The Kier molecular flexibility index (Phi) is 6.53. The molecule has 3 aliphatic rings. The molecule has 1 N–H and O–H groups in total. The lowest BCUT2D eigenvalue weighted by Gasteiger charge is -2.46. The molecule has 4 aromatic carbocycles. The highest BCUT2D eigenvalue weighted by molar-refractivity contribution is 7.04. The lowest BCUT2D eigenvalue weighted by molar-refractivity contribution is -0.0955. The van der Waals surface area contributed by atoms with E-state index in [2.05, 4.69) is 129 Å². The molecule has 1 aliphatic carbocycles. The molecule has 3 atom stereocenters. The van der Waals surface area contributed by atoms with Crippen molar-refractivity contribution in [2.75, 3.05) is 0 Å². The van der Waals surface area contributed by atoms with Crippen molar-refractivity contribution in [3.05, 3.63) is 131 Å². The Morgan fingerprint density at radius 1 is 0.756 bits per heavy atom. The minimum atomic E-state index is -2.28. The van der Waals surface area contributed by atoms with E-state index >= 15 is 0 Å². The van der Waals surface area contributed by atoms with Crippen molar-refractivity contribution < 1.29 is 9.94 Å². The summed E-state index contributed by atoms with van der Waals surface area (Å²) in [5, 5.41) is 16.7. The molecule has 0 amide bonds. The molecule has 4 heteroatoms. The van der Waals surface area contributed by atoms with Crippen molar-refractivity contribution in [3.8, 4) is 0 Å². The molecule has 4 aromatic rings. The normalized spacial score (nSPS) is 22.2. The number of rotatable bonds is 4. The first kappa shape index (κ1) is 26.5. The highest BCUT2D eigenvalue weighted by Crippen LogP contribution is 2.51. The lowest BCUT2D eigenvalue weighted by atomic mass is 9.84. The van der Waals surface area contributed by atoms with Crippen LogP contribution in [0.15, 0.2) is 109 Å². The molecule has 0 saturated carbocycles. The molecular formula is C37H39NO2Si. The maximum atomic E-state index is 11.3. The lowest BCUT2D eigenvalue weighted by Crippen LogP contribution is -2.66. The van der Waals surface area contributed by atoms with Crippen molar-refractivity contribution in [3.63, 3.8) is 0 Å². The number of benzene rings is 4. The van der Waals surface area contributed by atoms with Crippen molar-refractivity contribution in [1.29, 1.82) is 0 Å². The monoisotopic (exact) mass is 557 g/mol. The van der Waals surface area contributed by atoms with Crippen LogP contribution in [0.4, 0.5) is 0 Å². The third kappa shape index (κ3) is 4.23. The predicted molar refractivity (Wildman–Crippen MR) is 171 cm³/mol. The van der Waals surface area contributed by atoms with Crippen molar-refractivity contribution >= 4 is 29.8 Å². The van der Waals surface area contributed by atoms with Crippen LogP contribution in [0.25, 0.3) is 11.3 Å². The van der Waals surface area contributed by atoms with Gasteiger partial charge in [-0.3, -0.25) is 0 Å². The number of hydrogen-bond donors (Lipinski definition) is 1. The first-order valence-electron chi connectivity index (χ1n) is 15.1. The number of fused-ring (bicyclic) bond motifs is 6. The van der Waals surface area contributed by atoms with Crippen LogP contribution in [0, 0.1) is 0 Å². The molecular weight excluding hydrogens is 518 g/mol. The average Bonchev–Trinajstić information content (AvgIpc) is 3.55. The van der Waals surface area contributed by atoms with Gasteiger partial charge in [0.15, 0.2) is 5.76 Å². The maximum absolute atomic E-state index is 11.3. The zero-order valence-electron chi connectivity index (χ0n) is 24.3. The van der Waals surface area contributed by atoms with Gasteiger partial charge < -0.3 is 9.94 Å². The SMILES string of the molecule is CC(C)(C)[Si](CC1CCC2C3=C(ON12)c1ccccc1C(O)Cc1ccccc13)(c1ccccc1)c1ccccc1. The molecule has 1 saturated heterocycles. The van der Waals surface area contributed by atoms with Gasteiger partial charge in [0.25, 0.3) is 0 Å². The van der Waals surface area contributed by atoms with E-state index in [0.717, 1.165) is 35.8 Å². The zero-order chi connectivity index (χ0) is 28.2. The molecule has 41 heavy (non-hydrogen) atoms. The van der Waals surface area contributed by atoms with E-state index < -0.39 is 14.2 Å². The van der Waals surface area contributed by atoms with Gasteiger partial charge in [-0.2, -0.15) is 0 Å². The van der Waals surface area contributed by atoms with Crippen LogP contribution in [-0.2, 0) is 11.3 Å². The van der Waals surface area contributed by atoms with Gasteiger partial charge in [-0.05, 0) is 40.6 Å². The summed E-state index contributed by atoms with van der Waals surface area (Å²) in [4.78, 5) is 7.02. The Balaban J connectivity index is 1.35. The Morgan fingerprint density at radius 2 is 1.34 bits per heavy atom. The van der Waals surface area contributed by atoms with E-state index in [0.29, 0.717) is 12.5 Å². The second kappa shape index (κ2) is 10.1. The highest BCUT2D eigenvalue weighted by Gasteiger charge is 2.54.